The molecular weight excluding hydrogens is 539 g/mol. The highest BCUT2D eigenvalue weighted by atomic mass is 19.4. The Morgan fingerprint density at radius 3 is 2.44 bits per heavy atom. The maximum absolute atomic E-state index is 13.4. The van der Waals surface area contributed by atoms with Crippen LogP contribution >= 0.6 is 0 Å². The molecule has 10 nitrogen and oxygen atoms in total. The summed E-state index contributed by atoms with van der Waals surface area (Å²) in [4.78, 5) is 13.4. The summed E-state index contributed by atoms with van der Waals surface area (Å²) in [5.41, 5.74) is 4.13. The molecule has 0 atom stereocenters. The Hall–Kier alpha value is -4.39. The fourth-order valence-electron chi connectivity index (χ4n) is 4.12. The quantitative estimate of drug-likeness (QED) is 0.294. The molecule has 13 heteroatoms. The minimum Gasteiger partial charge on any atom is -0.494 e. The van der Waals surface area contributed by atoms with Gasteiger partial charge in [0.25, 0.3) is 5.91 Å². The van der Waals surface area contributed by atoms with Crippen LogP contribution in [0.5, 0.6) is 11.5 Å². The van der Waals surface area contributed by atoms with E-state index in [0.29, 0.717) is 16.9 Å². The van der Waals surface area contributed by atoms with Crippen LogP contribution in [-0.2, 0) is 13.6 Å². The van der Waals surface area contributed by atoms with Crippen molar-refractivity contribution >= 4 is 11.6 Å². The third-order valence-electron chi connectivity index (χ3n) is 6.36. The van der Waals surface area contributed by atoms with Crippen molar-refractivity contribution in [3.63, 3.8) is 0 Å². The number of rotatable bonds is 8. The number of aryl methyl sites for hydroxylation is 2. The van der Waals surface area contributed by atoms with Crippen LogP contribution in [0.15, 0.2) is 42.7 Å². The summed E-state index contributed by atoms with van der Waals surface area (Å²) in [6.07, 6.45) is -1.47. The van der Waals surface area contributed by atoms with Gasteiger partial charge in [-0.2, -0.15) is 5.10 Å². The number of nitrogens with zero attached hydrogens (tertiary/aromatic N) is 5. The number of alkyl halides is 3. The lowest BCUT2D eigenvalue weighted by molar-refractivity contribution is -0.274. The van der Waals surface area contributed by atoms with Gasteiger partial charge in [-0.25, -0.2) is 4.68 Å². The van der Waals surface area contributed by atoms with E-state index in [1.165, 1.54) is 13.2 Å². The first-order valence-electron chi connectivity index (χ1n) is 12.7. The van der Waals surface area contributed by atoms with Crippen LogP contribution in [0.2, 0.25) is 0 Å². The van der Waals surface area contributed by atoms with Crippen molar-refractivity contribution in [1.82, 2.24) is 30.1 Å². The van der Waals surface area contributed by atoms with Crippen LogP contribution in [0.25, 0.3) is 16.9 Å². The van der Waals surface area contributed by atoms with Crippen LogP contribution in [0, 0.1) is 13.8 Å². The molecule has 0 radical (unpaired) electrons. The van der Waals surface area contributed by atoms with Crippen molar-refractivity contribution in [3.8, 4) is 28.4 Å². The number of hydrogen-bond donors (Lipinski definition) is 2. The molecule has 0 fully saturated rings. The lowest BCUT2D eigenvalue weighted by atomic mass is 10.1. The highest BCUT2D eigenvalue weighted by molar-refractivity contribution is 6.05. The highest BCUT2D eigenvalue weighted by Crippen LogP contribution is 2.36. The number of benzene rings is 2. The van der Waals surface area contributed by atoms with Crippen molar-refractivity contribution in [1.29, 1.82) is 0 Å². The van der Waals surface area contributed by atoms with Crippen molar-refractivity contribution in [2.75, 3.05) is 12.4 Å². The highest BCUT2D eigenvalue weighted by Gasteiger charge is 2.32. The molecule has 4 aromatic rings. The van der Waals surface area contributed by atoms with E-state index >= 15 is 0 Å². The number of hydrogen-bond acceptors (Lipinski definition) is 7. The second-order valence-electron chi connectivity index (χ2n) is 10.6. The summed E-state index contributed by atoms with van der Waals surface area (Å²) < 4.78 is 52.3. The summed E-state index contributed by atoms with van der Waals surface area (Å²) in [7, 11) is 3.21. The first-order valence-corrected chi connectivity index (χ1v) is 12.7. The average molecular weight is 572 g/mol. The molecule has 0 spiro atoms. The zero-order valence-corrected chi connectivity index (χ0v) is 23.8. The third kappa shape index (κ3) is 7.04. The average Bonchev–Trinajstić information content (AvgIpc) is 3.48. The molecule has 2 aromatic carbocycles. The molecule has 4 rings (SSSR count). The van der Waals surface area contributed by atoms with Crippen LogP contribution in [0.3, 0.4) is 0 Å². The maximum Gasteiger partial charge on any atom is 0.573 e. The van der Waals surface area contributed by atoms with E-state index < -0.39 is 18.0 Å². The smallest absolute Gasteiger partial charge is 0.494 e. The van der Waals surface area contributed by atoms with Crippen LogP contribution < -0.4 is 20.1 Å². The summed E-state index contributed by atoms with van der Waals surface area (Å²) in [5, 5.41) is 18.6. The Kier molecular flexibility index (Phi) is 8.11. The maximum atomic E-state index is 13.4. The number of anilines is 1. The molecule has 0 bridgehead atoms. The number of methoxy groups -OCH3 is 1. The Bertz CT molecular complexity index is 1570. The lowest BCUT2D eigenvalue weighted by Gasteiger charge is -2.23. The minimum atomic E-state index is -4.92. The van der Waals surface area contributed by atoms with Gasteiger partial charge in [0.15, 0.2) is 0 Å². The summed E-state index contributed by atoms with van der Waals surface area (Å²) in [6.45, 7) is 9.72. The number of halogens is 3. The predicted molar refractivity (Wildman–Crippen MR) is 147 cm³/mol. The summed E-state index contributed by atoms with van der Waals surface area (Å²) in [5.74, 6) is -0.832. The van der Waals surface area contributed by atoms with Gasteiger partial charge in [-0.15, -0.1) is 18.3 Å². The van der Waals surface area contributed by atoms with Gasteiger partial charge in [-0.05, 0) is 58.4 Å². The zero-order valence-electron chi connectivity index (χ0n) is 23.8. The number of carbonyl (C=O) groups excluding carboxylic acids is 1. The van der Waals surface area contributed by atoms with E-state index in [0.717, 1.165) is 22.9 Å². The SMILES string of the molecule is COc1c(CNC(C)(C)C)cc(OC(F)(F)F)cc1NC(=O)c1ccc(C)c(-n2cc(-c3cnn(C)c3C)nn2)c1. The van der Waals surface area contributed by atoms with Crippen molar-refractivity contribution < 1.29 is 27.4 Å². The number of aromatic nitrogens is 5. The largest absolute Gasteiger partial charge is 0.573 e. The Labute approximate surface area is 235 Å². The summed E-state index contributed by atoms with van der Waals surface area (Å²) >= 11 is 0. The van der Waals surface area contributed by atoms with Crippen molar-refractivity contribution in [2.24, 2.45) is 7.05 Å². The van der Waals surface area contributed by atoms with Gasteiger partial charge in [-0.1, -0.05) is 11.3 Å². The van der Waals surface area contributed by atoms with E-state index in [1.807, 2.05) is 41.7 Å². The van der Waals surface area contributed by atoms with E-state index in [-0.39, 0.29) is 29.1 Å². The first-order chi connectivity index (χ1) is 19.1. The fraction of sp³-hybridized carbons (Fsp3) is 0.357. The zero-order chi connectivity index (χ0) is 30.1. The molecule has 41 heavy (non-hydrogen) atoms. The second-order valence-corrected chi connectivity index (χ2v) is 10.6. The van der Waals surface area contributed by atoms with Gasteiger partial charge in [0.2, 0.25) is 0 Å². The monoisotopic (exact) mass is 571 g/mol. The van der Waals surface area contributed by atoms with Crippen LogP contribution in [-0.4, -0.2) is 49.7 Å². The Morgan fingerprint density at radius 2 is 1.83 bits per heavy atom. The van der Waals surface area contributed by atoms with Gasteiger partial charge in [-0.3, -0.25) is 9.48 Å². The molecule has 2 N–H and O–H groups in total. The number of nitrogens with one attached hydrogen (secondary N) is 2. The standard InChI is InChI=1S/C28H32F3N7O3/c1-16-8-9-18(11-24(16)38-15-23(35-36-38)21-14-33-37(6)17(21)2)26(39)34-22-12-20(41-28(29,30)31)10-19(25(22)40-7)13-32-27(3,4)5/h8-12,14-15,32H,13H2,1-7H3,(H,34,39). The lowest BCUT2D eigenvalue weighted by Crippen LogP contribution is -2.35. The van der Waals surface area contributed by atoms with Crippen LogP contribution in [0.4, 0.5) is 18.9 Å². The van der Waals surface area contributed by atoms with Gasteiger partial charge < -0.3 is 20.1 Å². The number of carbonyl (C=O) groups is 1. The van der Waals surface area contributed by atoms with Gasteiger partial charge in [0.1, 0.15) is 17.2 Å². The fourth-order valence-corrected chi connectivity index (χ4v) is 4.12. The molecule has 0 aliphatic heterocycles. The van der Waals surface area contributed by atoms with Crippen molar-refractivity contribution in [2.45, 2.75) is 53.1 Å². The van der Waals surface area contributed by atoms with Gasteiger partial charge in [0.05, 0.1) is 30.9 Å². The molecule has 0 aliphatic rings. The molecule has 0 saturated carbocycles. The van der Waals surface area contributed by atoms with Crippen molar-refractivity contribution in [3.05, 3.63) is 65.1 Å². The Balaban J connectivity index is 1.67. The molecule has 0 unspecified atom stereocenters. The molecule has 218 valence electrons. The topological polar surface area (TPSA) is 108 Å². The number of amides is 1. The van der Waals surface area contributed by atoms with E-state index in [4.69, 9.17) is 4.74 Å². The molecular formula is C28H32F3N7O3. The molecule has 2 aromatic heterocycles. The molecule has 2 heterocycles. The number of ether oxygens (including phenoxy) is 2. The summed E-state index contributed by atoms with van der Waals surface area (Å²) in [6, 6.07) is 7.31. The second kappa shape index (κ2) is 11.2. The van der Waals surface area contributed by atoms with Gasteiger partial charge >= 0.3 is 6.36 Å². The van der Waals surface area contributed by atoms with Crippen LogP contribution in [0.1, 0.15) is 48.0 Å². The Morgan fingerprint density at radius 1 is 1.10 bits per heavy atom. The molecule has 0 saturated heterocycles. The van der Waals surface area contributed by atoms with E-state index in [9.17, 15) is 18.0 Å². The first kappa shape index (κ1) is 29.6. The van der Waals surface area contributed by atoms with Gasteiger partial charge in [0, 0.05) is 47.6 Å². The van der Waals surface area contributed by atoms with E-state index in [1.54, 1.807) is 40.0 Å². The molecule has 1 amide bonds. The predicted octanol–water partition coefficient (Wildman–Crippen LogP) is 5.33. The molecule has 0 aliphatic carbocycles. The normalized spacial score (nSPS) is 12.0. The third-order valence-corrected chi connectivity index (χ3v) is 6.36. The minimum absolute atomic E-state index is 0.0298. The van der Waals surface area contributed by atoms with E-state index in [2.05, 4.69) is 30.8 Å².